The van der Waals surface area contributed by atoms with Crippen molar-refractivity contribution in [2.24, 2.45) is 0 Å². The van der Waals surface area contributed by atoms with Crippen molar-refractivity contribution < 1.29 is 0 Å². The summed E-state index contributed by atoms with van der Waals surface area (Å²) in [6.07, 6.45) is 1.19. The molecule has 3 heteroatoms. The molecule has 0 aliphatic carbocycles. The molecule has 0 amide bonds. The average molecular weight is 255 g/mol. The van der Waals surface area contributed by atoms with E-state index in [1.165, 1.54) is 18.5 Å². The second-order valence-electron chi connectivity index (χ2n) is 4.15. The van der Waals surface area contributed by atoms with Gasteiger partial charge in [-0.1, -0.05) is 43.6 Å². The molecule has 0 radical (unpaired) electrons. The summed E-state index contributed by atoms with van der Waals surface area (Å²) in [4.78, 5) is 2.44. The zero-order chi connectivity index (χ0) is 12.5. The lowest BCUT2D eigenvalue weighted by atomic mass is 10.2. The number of benzene rings is 1. The third kappa shape index (κ3) is 5.53. The third-order valence-electron chi connectivity index (χ3n) is 3.00. The standard InChI is InChI=1S/C14H23ClN2/c1-3-17(4-2)11-7-10-16-12-13-8-5-6-9-14(13)15/h5-6,8-9,16H,3-4,7,10-12H2,1-2H3. The first-order valence-corrected chi connectivity index (χ1v) is 6.82. The van der Waals surface area contributed by atoms with E-state index in [1.807, 2.05) is 18.2 Å². The number of hydrogen-bond acceptors (Lipinski definition) is 2. The molecule has 1 aromatic rings. The number of hydrogen-bond donors (Lipinski definition) is 1. The van der Waals surface area contributed by atoms with Crippen molar-refractivity contribution in [3.05, 3.63) is 34.9 Å². The molecule has 0 aliphatic rings. The lowest BCUT2D eigenvalue weighted by Crippen LogP contribution is -2.27. The fourth-order valence-electron chi connectivity index (χ4n) is 1.83. The molecule has 0 unspecified atom stereocenters. The molecule has 0 atom stereocenters. The highest BCUT2D eigenvalue weighted by molar-refractivity contribution is 6.31. The first kappa shape index (κ1) is 14.5. The van der Waals surface area contributed by atoms with Gasteiger partial charge in [-0.3, -0.25) is 0 Å². The van der Waals surface area contributed by atoms with Crippen molar-refractivity contribution in [2.45, 2.75) is 26.8 Å². The minimum atomic E-state index is 0.851. The topological polar surface area (TPSA) is 15.3 Å². The molecule has 0 aromatic heterocycles. The summed E-state index contributed by atoms with van der Waals surface area (Å²) in [6, 6.07) is 8.00. The van der Waals surface area contributed by atoms with E-state index >= 15 is 0 Å². The highest BCUT2D eigenvalue weighted by atomic mass is 35.5. The van der Waals surface area contributed by atoms with Gasteiger partial charge in [-0.25, -0.2) is 0 Å². The van der Waals surface area contributed by atoms with Gasteiger partial charge in [0.2, 0.25) is 0 Å². The first-order valence-electron chi connectivity index (χ1n) is 6.44. The van der Waals surface area contributed by atoms with Crippen LogP contribution in [0.3, 0.4) is 0 Å². The van der Waals surface area contributed by atoms with Gasteiger partial charge in [0.25, 0.3) is 0 Å². The Morgan fingerprint density at radius 2 is 1.88 bits per heavy atom. The fraction of sp³-hybridized carbons (Fsp3) is 0.571. The highest BCUT2D eigenvalue weighted by Gasteiger charge is 1.99. The molecular weight excluding hydrogens is 232 g/mol. The SMILES string of the molecule is CCN(CC)CCCNCc1ccccc1Cl. The summed E-state index contributed by atoms with van der Waals surface area (Å²) in [5, 5.41) is 4.29. The molecule has 1 rings (SSSR count). The van der Waals surface area contributed by atoms with Crippen LogP contribution < -0.4 is 5.32 Å². The van der Waals surface area contributed by atoms with Crippen LogP contribution in [-0.4, -0.2) is 31.1 Å². The molecule has 17 heavy (non-hydrogen) atoms. The first-order chi connectivity index (χ1) is 8.27. The van der Waals surface area contributed by atoms with E-state index in [4.69, 9.17) is 11.6 Å². The summed E-state index contributed by atoms with van der Waals surface area (Å²) < 4.78 is 0. The van der Waals surface area contributed by atoms with Crippen LogP contribution in [0.2, 0.25) is 5.02 Å². The van der Waals surface area contributed by atoms with Gasteiger partial charge in [0.1, 0.15) is 0 Å². The minimum Gasteiger partial charge on any atom is -0.313 e. The van der Waals surface area contributed by atoms with Gasteiger partial charge in [0.15, 0.2) is 0 Å². The molecule has 1 aromatic carbocycles. The second kappa shape index (κ2) is 8.51. The normalized spacial score (nSPS) is 11.1. The Morgan fingerprint density at radius 1 is 1.18 bits per heavy atom. The quantitative estimate of drug-likeness (QED) is 0.717. The Labute approximate surface area is 110 Å². The van der Waals surface area contributed by atoms with Crippen LogP contribution >= 0.6 is 11.6 Å². The number of rotatable bonds is 8. The van der Waals surface area contributed by atoms with Gasteiger partial charge in [0.05, 0.1) is 0 Å². The molecule has 0 heterocycles. The summed E-state index contributed by atoms with van der Waals surface area (Å²) in [5.74, 6) is 0. The van der Waals surface area contributed by atoms with Crippen LogP contribution in [0.4, 0.5) is 0 Å². The summed E-state index contributed by atoms with van der Waals surface area (Å²) in [6.45, 7) is 9.77. The Hall–Kier alpha value is -0.570. The van der Waals surface area contributed by atoms with E-state index in [-0.39, 0.29) is 0 Å². The van der Waals surface area contributed by atoms with E-state index in [0.717, 1.165) is 31.2 Å². The predicted octanol–water partition coefficient (Wildman–Crippen LogP) is 3.16. The van der Waals surface area contributed by atoms with Crippen LogP contribution in [0, 0.1) is 0 Å². The van der Waals surface area contributed by atoms with Gasteiger partial charge < -0.3 is 10.2 Å². The van der Waals surface area contributed by atoms with Crippen LogP contribution in [0.5, 0.6) is 0 Å². The zero-order valence-corrected chi connectivity index (χ0v) is 11.6. The van der Waals surface area contributed by atoms with Crippen LogP contribution in [0.25, 0.3) is 0 Å². The Bertz CT molecular complexity index is 311. The lowest BCUT2D eigenvalue weighted by Gasteiger charge is -2.17. The van der Waals surface area contributed by atoms with E-state index in [1.54, 1.807) is 0 Å². The maximum absolute atomic E-state index is 6.08. The van der Waals surface area contributed by atoms with E-state index < -0.39 is 0 Å². The molecule has 1 N–H and O–H groups in total. The van der Waals surface area contributed by atoms with E-state index in [2.05, 4.69) is 30.1 Å². The van der Waals surface area contributed by atoms with Crippen molar-refractivity contribution in [3.63, 3.8) is 0 Å². The monoisotopic (exact) mass is 254 g/mol. The smallest absolute Gasteiger partial charge is 0.0450 e. The average Bonchev–Trinajstić information content (AvgIpc) is 2.36. The fourth-order valence-corrected chi connectivity index (χ4v) is 2.03. The molecule has 0 bridgehead atoms. The van der Waals surface area contributed by atoms with Gasteiger partial charge in [-0.2, -0.15) is 0 Å². The number of halogens is 1. The molecule has 0 spiro atoms. The summed E-state index contributed by atoms with van der Waals surface area (Å²) in [7, 11) is 0. The molecule has 0 saturated heterocycles. The Kier molecular flexibility index (Phi) is 7.25. The van der Waals surface area contributed by atoms with Crippen molar-refractivity contribution >= 4 is 11.6 Å². The molecule has 96 valence electrons. The van der Waals surface area contributed by atoms with Crippen LogP contribution in [0.15, 0.2) is 24.3 Å². The Balaban J connectivity index is 2.14. The summed E-state index contributed by atoms with van der Waals surface area (Å²) in [5.41, 5.74) is 1.18. The minimum absolute atomic E-state index is 0.851. The van der Waals surface area contributed by atoms with Gasteiger partial charge in [-0.15, -0.1) is 0 Å². The second-order valence-corrected chi connectivity index (χ2v) is 4.56. The van der Waals surface area contributed by atoms with Crippen molar-refractivity contribution in [1.29, 1.82) is 0 Å². The van der Waals surface area contributed by atoms with Gasteiger partial charge in [-0.05, 0) is 44.2 Å². The van der Waals surface area contributed by atoms with E-state index in [9.17, 15) is 0 Å². The van der Waals surface area contributed by atoms with Gasteiger partial charge >= 0.3 is 0 Å². The van der Waals surface area contributed by atoms with Crippen LogP contribution in [0.1, 0.15) is 25.8 Å². The molecule has 2 nitrogen and oxygen atoms in total. The maximum Gasteiger partial charge on any atom is 0.0450 e. The van der Waals surface area contributed by atoms with Crippen molar-refractivity contribution in [1.82, 2.24) is 10.2 Å². The maximum atomic E-state index is 6.08. The van der Waals surface area contributed by atoms with Crippen molar-refractivity contribution in [3.8, 4) is 0 Å². The molecule has 0 aliphatic heterocycles. The largest absolute Gasteiger partial charge is 0.313 e. The van der Waals surface area contributed by atoms with Gasteiger partial charge in [0, 0.05) is 11.6 Å². The zero-order valence-electron chi connectivity index (χ0n) is 10.9. The predicted molar refractivity (Wildman–Crippen MR) is 75.6 cm³/mol. The van der Waals surface area contributed by atoms with Crippen molar-refractivity contribution in [2.75, 3.05) is 26.2 Å². The number of nitrogens with one attached hydrogen (secondary N) is 1. The molecule has 0 saturated carbocycles. The molecular formula is C14H23ClN2. The number of nitrogens with zero attached hydrogens (tertiary/aromatic N) is 1. The lowest BCUT2D eigenvalue weighted by molar-refractivity contribution is 0.298. The highest BCUT2D eigenvalue weighted by Crippen LogP contribution is 2.14. The Morgan fingerprint density at radius 3 is 2.53 bits per heavy atom. The van der Waals surface area contributed by atoms with Crippen LogP contribution in [-0.2, 0) is 6.54 Å². The summed E-state index contributed by atoms with van der Waals surface area (Å²) >= 11 is 6.08. The third-order valence-corrected chi connectivity index (χ3v) is 3.36. The molecule has 0 fully saturated rings. The van der Waals surface area contributed by atoms with E-state index in [0.29, 0.717) is 0 Å².